The van der Waals surface area contributed by atoms with Gasteiger partial charge in [0.05, 0.1) is 6.42 Å². The second-order valence-corrected chi connectivity index (χ2v) is 7.06. The number of carbonyl (C=O) groups is 1. The van der Waals surface area contributed by atoms with Crippen molar-refractivity contribution in [2.75, 3.05) is 5.32 Å². The maximum Gasteiger partial charge on any atom is 0.228 e. The minimum atomic E-state index is -0.0585. The Labute approximate surface area is 177 Å². The van der Waals surface area contributed by atoms with Gasteiger partial charge in [-0.3, -0.25) is 4.79 Å². The van der Waals surface area contributed by atoms with Gasteiger partial charge in [-0.2, -0.15) is 0 Å². The van der Waals surface area contributed by atoms with Gasteiger partial charge >= 0.3 is 0 Å². The lowest BCUT2D eigenvalue weighted by atomic mass is 9.99. The molecule has 0 fully saturated rings. The molecule has 4 aromatic carbocycles. The van der Waals surface area contributed by atoms with Gasteiger partial charge in [0.2, 0.25) is 5.91 Å². The number of para-hydroxylation sites is 1. The average molecular weight is 387 g/mol. The van der Waals surface area contributed by atoms with Gasteiger partial charge in [0, 0.05) is 16.8 Å². The number of terminal acetylenes is 1. The topological polar surface area (TPSA) is 29.1 Å². The molecule has 0 heterocycles. The van der Waals surface area contributed by atoms with Gasteiger partial charge in [-0.05, 0) is 40.5 Å². The predicted molar refractivity (Wildman–Crippen MR) is 124 cm³/mol. The molecule has 0 aliphatic carbocycles. The second-order valence-electron chi connectivity index (χ2n) is 7.06. The third-order valence-electron chi connectivity index (χ3n) is 4.99. The fourth-order valence-corrected chi connectivity index (χ4v) is 3.42. The summed E-state index contributed by atoms with van der Waals surface area (Å²) in [6.45, 7) is 0. The first-order valence-corrected chi connectivity index (χ1v) is 9.83. The third kappa shape index (κ3) is 4.48. The first-order valence-electron chi connectivity index (χ1n) is 9.83. The van der Waals surface area contributed by atoms with Crippen molar-refractivity contribution in [3.63, 3.8) is 0 Å². The Hall–Kier alpha value is -4.09. The summed E-state index contributed by atoms with van der Waals surface area (Å²) in [5, 5.41) is 3.05. The second kappa shape index (κ2) is 8.94. The lowest BCUT2D eigenvalue weighted by Gasteiger charge is -2.12. The van der Waals surface area contributed by atoms with Crippen LogP contribution >= 0.6 is 0 Å². The van der Waals surface area contributed by atoms with Gasteiger partial charge < -0.3 is 5.32 Å². The van der Waals surface area contributed by atoms with Crippen molar-refractivity contribution in [1.82, 2.24) is 0 Å². The Balaban J connectivity index is 1.52. The lowest BCUT2D eigenvalue weighted by Crippen LogP contribution is -2.15. The number of amides is 1. The number of benzene rings is 4. The predicted octanol–water partition coefficient (Wildman–Crippen LogP) is 6.18. The molecule has 0 aromatic heterocycles. The molecular formula is C28H21NO. The largest absolute Gasteiger partial charge is 0.325 e. The maximum atomic E-state index is 12.6. The van der Waals surface area contributed by atoms with E-state index in [-0.39, 0.29) is 5.91 Å². The van der Waals surface area contributed by atoms with Crippen LogP contribution in [0, 0.1) is 12.3 Å². The number of rotatable bonds is 5. The van der Waals surface area contributed by atoms with Crippen LogP contribution in [0.5, 0.6) is 0 Å². The molecule has 144 valence electrons. The van der Waals surface area contributed by atoms with Crippen molar-refractivity contribution in [3.8, 4) is 34.6 Å². The smallest absolute Gasteiger partial charge is 0.228 e. The molecule has 0 spiro atoms. The lowest BCUT2D eigenvalue weighted by molar-refractivity contribution is -0.115. The van der Waals surface area contributed by atoms with Crippen LogP contribution < -0.4 is 5.32 Å². The van der Waals surface area contributed by atoms with Crippen molar-refractivity contribution >= 4 is 11.6 Å². The van der Waals surface area contributed by atoms with Gasteiger partial charge in [-0.25, -0.2) is 0 Å². The molecule has 0 radical (unpaired) electrons. The standard InChI is InChI=1S/C28H21NO/c1-2-21-12-14-22(15-13-21)20-28(30)29-27-11-7-6-10-26(27)25-18-16-24(17-19-25)23-8-4-3-5-9-23/h1,3-19H,20H2,(H,29,30). The fraction of sp³-hybridized carbons (Fsp3) is 0.0357. The van der Waals surface area contributed by atoms with E-state index in [9.17, 15) is 4.79 Å². The zero-order valence-corrected chi connectivity index (χ0v) is 16.5. The van der Waals surface area contributed by atoms with E-state index < -0.39 is 0 Å². The number of nitrogens with one attached hydrogen (secondary N) is 1. The van der Waals surface area contributed by atoms with E-state index >= 15 is 0 Å². The van der Waals surface area contributed by atoms with Gasteiger partial charge in [0.1, 0.15) is 0 Å². The Morgan fingerprint density at radius 3 is 2.00 bits per heavy atom. The molecule has 0 atom stereocenters. The van der Waals surface area contributed by atoms with Crippen molar-refractivity contribution in [1.29, 1.82) is 0 Å². The molecule has 0 aliphatic rings. The molecule has 4 aromatic rings. The Morgan fingerprint density at radius 1 is 0.700 bits per heavy atom. The summed E-state index contributed by atoms with van der Waals surface area (Å²) < 4.78 is 0. The van der Waals surface area contributed by atoms with Crippen molar-refractivity contribution in [2.24, 2.45) is 0 Å². The molecular weight excluding hydrogens is 366 g/mol. The SMILES string of the molecule is C#Cc1ccc(CC(=O)Nc2ccccc2-c2ccc(-c3ccccc3)cc2)cc1. The number of anilines is 1. The Morgan fingerprint density at radius 2 is 1.30 bits per heavy atom. The summed E-state index contributed by atoms with van der Waals surface area (Å²) in [5.41, 5.74) is 6.93. The molecule has 0 saturated carbocycles. The molecule has 0 saturated heterocycles. The van der Waals surface area contributed by atoms with Gasteiger partial charge in [0.15, 0.2) is 0 Å². The monoisotopic (exact) mass is 387 g/mol. The first kappa shape index (κ1) is 19.2. The molecule has 0 bridgehead atoms. The van der Waals surface area contributed by atoms with Crippen LogP contribution in [0.2, 0.25) is 0 Å². The third-order valence-corrected chi connectivity index (χ3v) is 4.99. The average Bonchev–Trinajstić information content (AvgIpc) is 2.81. The summed E-state index contributed by atoms with van der Waals surface area (Å²) in [4.78, 5) is 12.6. The summed E-state index contributed by atoms with van der Waals surface area (Å²) in [7, 11) is 0. The van der Waals surface area contributed by atoms with E-state index in [1.807, 2.05) is 66.7 Å². The molecule has 0 aliphatic heterocycles. The van der Waals surface area contributed by atoms with Gasteiger partial charge in [0.25, 0.3) is 0 Å². The summed E-state index contributed by atoms with van der Waals surface area (Å²) >= 11 is 0. The van der Waals surface area contributed by atoms with Crippen molar-refractivity contribution in [2.45, 2.75) is 6.42 Å². The fourth-order valence-electron chi connectivity index (χ4n) is 3.42. The van der Waals surface area contributed by atoms with E-state index in [2.05, 4.69) is 47.6 Å². The van der Waals surface area contributed by atoms with Crippen molar-refractivity contribution in [3.05, 3.63) is 114 Å². The molecule has 0 unspecified atom stereocenters. The van der Waals surface area contributed by atoms with Gasteiger partial charge in [-0.15, -0.1) is 6.42 Å². The molecule has 30 heavy (non-hydrogen) atoms. The van der Waals surface area contributed by atoms with Crippen LogP contribution in [0.15, 0.2) is 103 Å². The highest BCUT2D eigenvalue weighted by atomic mass is 16.1. The van der Waals surface area contributed by atoms with Crippen LogP contribution in [0.4, 0.5) is 5.69 Å². The minimum absolute atomic E-state index is 0.0585. The van der Waals surface area contributed by atoms with E-state index in [0.717, 1.165) is 33.5 Å². The zero-order chi connectivity index (χ0) is 20.8. The molecule has 2 nitrogen and oxygen atoms in total. The molecule has 1 amide bonds. The van der Waals surface area contributed by atoms with E-state index in [1.165, 1.54) is 5.56 Å². The van der Waals surface area contributed by atoms with Crippen LogP contribution in [-0.2, 0) is 11.2 Å². The first-order chi connectivity index (χ1) is 14.7. The summed E-state index contributed by atoms with van der Waals surface area (Å²) in [6, 6.07) is 34.0. The normalized spacial score (nSPS) is 10.2. The van der Waals surface area contributed by atoms with E-state index in [4.69, 9.17) is 6.42 Å². The van der Waals surface area contributed by atoms with Crippen LogP contribution in [0.3, 0.4) is 0 Å². The van der Waals surface area contributed by atoms with E-state index in [0.29, 0.717) is 6.42 Å². The van der Waals surface area contributed by atoms with Crippen LogP contribution in [0.25, 0.3) is 22.3 Å². The summed E-state index contributed by atoms with van der Waals surface area (Å²) in [5.74, 6) is 2.53. The highest BCUT2D eigenvalue weighted by molar-refractivity contribution is 5.96. The highest BCUT2D eigenvalue weighted by Gasteiger charge is 2.09. The number of hydrogen-bond acceptors (Lipinski definition) is 1. The number of carbonyl (C=O) groups excluding carboxylic acids is 1. The van der Waals surface area contributed by atoms with Gasteiger partial charge in [-0.1, -0.05) is 90.8 Å². The highest BCUT2D eigenvalue weighted by Crippen LogP contribution is 2.30. The minimum Gasteiger partial charge on any atom is -0.325 e. The Bertz CT molecular complexity index is 1180. The zero-order valence-electron chi connectivity index (χ0n) is 16.5. The molecule has 2 heteroatoms. The molecule has 4 rings (SSSR count). The van der Waals surface area contributed by atoms with Crippen LogP contribution in [-0.4, -0.2) is 5.91 Å². The summed E-state index contributed by atoms with van der Waals surface area (Å²) in [6.07, 6.45) is 5.69. The van der Waals surface area contributed by atoms with Crippen LogP contribution in [0.1, 0.15) is 11.1 Å². The quantitative estimate of drug-likeness (QED) is 0.407. The maximum absolute atomic E-state index is 12.6. The van der Waals surface area contributed by atoms with Crippen molar-refractivity contribution < 1.29 is 4.79 Å². The Kier molecular flexibility index (Phi) is 5.73. The number of hydrogen-bond donors (Lipinski definition) is 1. The van der Waals surface area contributed by atoms with E-state index in [1.54, 1.807) is 0 Å². The molecule has 1 N–H and O–H groups in total.